The topological polar surface area (TPSA) is 57.6 Å². The number of amides is 1. The third kappa shape index (κ3) is 1.74. The highest BCUT2D eigenvalue weighted by Crippen LogP contribution is 2.29. The van der Waals surface area contributed by atoms with Crippen LogP contribution in [0.15, 0.2) is 0 Å². The lowest BCUT2D eigenvalue weighted by atomic mass is 9.81. The van der Waals surface area contributed by atoms with Gasteiger partial charge in [0.25, 0.3) is 0 Å². The van der Waals surface area contributed by atoms with Crippen LogP contribution in [-0.4, -0.2) is 34.5 Å². The Bertz CT molecular complexity index is 252. The molecular weight excluding hydrogens is 182 g/mol. The van der Waals surface area contributed by atoms with Crippen LogP contribution in [0.1, 0.15) is 27.2 Å². The fourth-order valence-corrected chi connectivity index (χ4v) is 2.33. The summed E-state index contributed by atoms with van der Waals surface area (Å²) in [6.45, 7) is 6.12. The van der Waals surface area contributed by atoms with Gasteiger partial charge in [0.1, 0.15) is 0 Å². The molecular formula is C10H17NO3. The second-order valence-corrected chi connectivity index (χ2v) is 3.97. The first-order valence-corrected chi connectivity index (χ1v) is 5.01. The summed E-state index contributed by atoms with van der Waals surface area (Å²) in [5.41, 5.74) is 0. The Kier molecular flexibility index (Phi) is 3.13. The van der Waals surface area contributed by atoms with Crippen molar-refractivity contribution < 1.29 is 14.7 Å². The Hall–Kier alpha value is -1.06. The van der Waals surface area contributed by atoms with Crippen molar-refractivity contribution in [2.75, 3.05) is 6.54 Å². The van der Waals surface area contributed by atoms with E-state index in [-0.39, 0.29) is 17.9 Å². The second kappa shape index (κ2) is 3.98. The maximum atomic E-state index is 11.5. The van der Waals surface area contributed by atoms with Gasteiger partial charge in [0.2, 0.25) is 5.91 Å². The molecule has 3 atom stereocenters. The van der Waals surface area contributed by atoms with Crippen molar-refractivity contribution in [2.24, 2.45) is 11.8 Å². The first-order chi connectivity index (χ1) is 6.49. The standard InChI is InChI=1S/C10H17NO3/c1-4-11-7(3)9(10(13)14)6(2)5-8(11)12/h6-7,9H,4-5H2,1-3H3,(H,13,14). The van der Waals surface area contributed by atoms with E-state index in [1.807, 2.05) is 20.8 Å². The zero-order chi connectivity index (χ0) is 10.9. The number of carbonyl (C=O) groups excluding carboxylic acids is 1. The fraction of sp³-hybridized carbons (Fsp3) is 0.800. The van der Waals surface area contributed by atoms with Crippen molar-refractivity contribution in [3.05, 3.63) is 0 Å². The molecule has 1 saturated heterocycles. The van der Waals surface area contributed by atoms with Crippen molar-refractivity contribution in [1.29, 1.82) is 0 Å². The van der Waals surface area contributed by atoms with E-state index in [4.69, 9.17) is 5.11 Å². The number of nitrogens with zero attached hydrogens (tertiary/aromatic N) is 1. The smallest absolute Gasteiger partial charge is 0.308 e. The minimum Gasteiger partial charge on any atom is -0.481 e. The Balaban J connectivity index is 2.87. The van der Waals surface area contributed by atoms with E-state index < -0.39 is 11.9 Å². The Labute approximate surface area is 83.9 Å². The molecule has 4 nitrogen and oxygen atoms in total. The number of carboxylic acid groups (broad SMARTS) is 1. The molecule has 0 aliphatic carbocycles. The van der Waals surface area contributed by atoms with Crippen molar-refractivity contribution in [2.45, 2.75) is 33.2 Å². The van der Waals surface area contributed by atoms with E-state index in [1.165, 1.54) is 0 Å². The third-order valence-electron chi connectivity index (χ3n) is 3.07. The average Bonchev–Trinajstić information content (AvgIpc) is 2.02. The average molecular weight is 199 g/mol. The van der Waals surface area contributed by atoms with Crippen LogP contribution in [0.3, 0.4) is 0 Å². The zero-order valence-corrected chi connectivity index (χ0v) is 8.86. The van der Waals surface area contributed by atoms with Crippen LogP contribution in [0, 0.1) is 11.8 Å². The SMILES string of the molecule is CCN1C(=O)CC(C)C(C(=O)O)C1C. The first kappa shape index (κ1) is 11.0. The minimum atomic E-state index is -0.795. The second-order valence-electron chi connectivity index (χ2n) is 3.97. The van der Waals surface area contributed by atoms with Gasteiger partial charge in [-0.1, -0.05) is 6.92 Å². The lowest BCUT2D eigenvalue weighted by molar-refractivity contribution is -0.154. The molecule has 14 heavy (non-hydrogen) atoms. The molecule has 0 spiro atoms. The molecule has 1 amide bonds. The summed E-state index contributed by atoms with van der Waals surface area (Å²) < 4.78 is 0. The molecule has 0 aromatic carbocycles. The predicted molar refractivity (Wildman–Crippen MR) is 51.8 cm³/mol. The number of carbonyl (C=O) groups is 2. The number of piperidine rings is 1. The third-order valence-corrected chi connectivity index (χ3v) is 3.07. The van der Waals surface area contributed by atoms with Gasteiger partial charge in [0, 0.05) is 19.0 Å². The van der Waals surface area contributed by atoms with Gasteiger partial charge in [-0.05, 0) is 19.8 Å². The van der Waals surface area contributed by atoms with Gasteiger partial charge in [-0.15, -0.1) is 0 Å². The van der Waals surface area contributed by atoms with Crippen molar-refractivity contribution in [1.82, 2.24) is 4.90 Å². The summed E-state index contributed by atoms with van der Waals surface area (Å²) in [6, 6.07) is -0.186. The molecule has 4 heteroatoms. The van der Waals surface area contributed by atoms with Crippen molar-refractivity contribution in [3.63, 3.8) is 0 Å². The molecule has 1 rings (SSSR count). The Morgan fingerprint density at radius 2 is 2.14 bits per heavy atom. The number of carboxylic acids is 1. The van der Waals surface area contributed by atoms with E-state index in [0.717, 1.165) is 0 Å². The summed E-state index contributed by atoms with van der Waals surface area (Å²) in [4.78, 5) is 24.2. The molecule has 1 heterocycles. The molecule has 0 aromatic rings. The largest absolute Gasteiger partial charge is 0.481 e. The van der Waals surface area contributed by atoms with Gasteiger partial charge in [-0.3, -0.25) is 9.59 Å². The molecule has 0 aromatic heterocycles. The van der Waals surface area contributed by atoms with Crippen molar-refractivity contribution >= 4 is 11.9 Å². The molecule has 1 aliphatic rings. The molecule has 0 radical (unpaired) electrons. The highest BCUT2D eigenvalue weighted by atomic mass is 16.4. The molecule has 1 fully saturated rings. The van der Waals surface area contributed by atoms with E-state index in [0.29, 0.717) is 13.0 Å². The van der Waals surface area contributed by atoms with Gasteiger partial charge in [0.05, 0.1) is 5.92 Å². The van der Waals surface area contributed by atoms with Gasteiger partial charge >= 0.3 is 5.97 Å². The summed E-state index contributed by atoms with van der Waals surface area (Å²) in [7, 11) is 0. The Morgan fingerprint density at radius 1 is 1.57 bits per heavy atom. The summed E-state index contributed by atoms with van der Waals surface area (Å²) in [5, 5.41) is 9.04. The molecule has 80 valence electrons. The molecule has 1 N–H and O–H groups in total. The maximum absolute atomic E-state index is 11.5. The van der Waals surface area contributed by atoms with Crippen LogP contribution < -0.4 is 0 Å². The monoisotopic (exact) mass is 199 g/mol. The fourth-order valence-electron chi connectivity index (χ4n) is 2.33. The highest BCUT2D eigenvalue weighted by molar-refractivity contribution is 5.81. The molecule has 0 saturated carbocycles. The molecule has 1 aliphatic heterocycles. The van der Waals surface area contributed by atoms with Crippen LogP contribution in [-0.2, 0) is 9.59 Å². The highest BCUT2D eigenvalue weighted by Gasteiger charge is 2.40. The van der Waals surface area contributed by atoms with Gasteiger partial charge < -0.3 is 10.0 Å². The lowest BCUT2D eigenvalue weighted by Crippen LogP contribution is -2.52. The van der Waals surface area contributed by atoms with Crippen LogP contribution in [0.2, 0.25) is 0 Å². The van der Waals surface area contributed by atoms with Crippen LogP contribution in [0.4, 0.5) is 0 Å². The van der Waals surface area contributed by atoms with Gasteiger partial charge in [-0.2, -0.15) is 0 Å². The van der Waals surface area contributed by atoms with Crippen molar-refractivity contribution in [3.8, 4) is 0 Å². The Morgan fingerprint density at radius 3 is 2.57 bits per heavy atom. The molecule has 3 unspecified atom stereocenters. The predicted octanol–water partition coefficient (Wildman–Crippen LogP) is 0.964. The number of aliphatic carboxylic acids is 1. The molecule has 0 bridgehead atoms. The first-order valence-electron chi connectivity index (χ1n) is 5.01. The quantitative estimate of drug-likeness (QED) is 0.720. The van der Waals surface area contributed by atoms with E-state index in [9.17, 15) is 9.59 Å². The van der Waals surface area contributed by atoms with Crippen LogP contribution in [0.25, 0.3) is 0 Å². The zero-order valence-electron chi connectivity index (χ0n) is 8.86. The lowest BCUT2D eigenvalue weighted by Gasteiger charge is -2.40. The van der Waals surface area contributed by atoms with Crippen LogP contribution >= 0.6 is 0 Å². The number of likely N-dealkylation sites (tertiary alicyclic amines) is 1. The van der Waals surface area contributed by atoms with E-state index in [1.54, 1.807) is 4.90 Å². The summed E-state index contributed by atoms with van der Waals surface area (Å²) in [5.74, 6) is -1.20. The number of rotatable bonds is 2. The number of hydrogen-bond donors (Lipinski definition) is 1. The van der Waals surface area contributed by atoms with E-state index in [2.05, 4.69) is 0 Å². The maximum Gasteiger partial charge on any atom is 0.308 e. The number of hydrogen-bond acceptors (Lipinski definition) is 2. The van der Waals surface area contributed by atoms with E-state index >= 15 is 0 Å². The minimum absolute atomic E-state index is 0.0576. The summed E-state index contributed by atoms with van der Waals surface area (Å²) in [6.07, 6.45) is 0.356. The summed E-state index contributed by atoms with van der Waals surface area (Å²) >= 11 is 0. The normalized spacial score (nSPS) is 33.2. The van der Waals surface area contributed by atoms with Gasteiger partial charge in [0.15, 0.2) is 0 Å². The van der Waals surface area contributed by atoms with Crippen LogP contribution in [0.5, 0.6) is 0 Å². The van der Waals surface area contributed by atoms with Gasteiger partial charge in [-0.25, -0.2) is 0 Å².